The molecule has 0 spiro atoms. The lowest BCUT2D eigenvalue weighted by Gasteiger charge is -2.56. The van der Waals surface area contributed by atoms with E-state index in [2.05, 4.69) is 31.7 Å². The SMILES string of the molecule is CCC1CC(O)CC(Oc2ccc3c(c2)c2c(n3C(=O)OCCOCCOCCOC)C3CC4CN(CC2)C3C(CC)C4C)O1. The van der Waals surface area contributed by atoms with Crippen LogP contribution in [0.2, 0.25) is 0 Å². The molecule has 4 bridgehead atoms. The number of piperidine rings is 2. The Morgan fingerprint density at radius 1 is 1.02 bits per heavy atom. The number of carbonyl (C=O) groups excluding carboxylic acids is 1. The summed E-state index contributed by atoms with van der Waals surface area (Å²) in [6.07, 6.45) is 3.73. The van der Waals surface area contributed by atoms with E-state index >= 15 is 0 Å². The summed E-state index contributed by atoms with van der Waals surface area (Å²) in [6.45, 7) is 11.4. The molecule has 3 saturated heterocycles. The molecule has 4 aliphatic heterocycles. The largest absolute Gasteiger partial charge is 0.465 e. The number of benzene rings is 1. The summed E-state index contributed by atoms with van der Waals surface area (Å²) in [5, 5.41) is 11.4. The van der Waals surface area contributed by atoms with Gasteiger partial charge in [-0.05, 0) is 67.2 Å². The molecule has 2 aromatic rings. The fourth-order valence-electron chi connectivity index (χ4n) is 8.64. The van der Waals surface area contributed by atoms with E-state index in [9.17, 15) is 9.90 Å². The van der Waals surface area contributed by atoms with Gasteiger partial charge in [0.15, 0.2) is 0 Å². The van der Waals surface area contributed by atoms with E-state index in [0.29, 0.717) is 75.4 Å². The number of nitrogens with zero attached hydrogens (tertiary/aromatic N) is 2. The van der Waals surface area contributed by atoms with Gasteiger partial charge in [-0.25, -0.2) is 9.36 Å². The predicted molar refractivity (Wildman–Crippen MR) is 170 cm³/mol. The summed E-state index contributed by atoms with van der Waals surface area (Å²) in [7, 11) is 1.64. The van der Waals surface area contributed by atoms with Crippen molar-refractivity contribution in [2.24, 2.45) is 17.8 Å². The second kappa shape index (κ2) is 14.7. The summed E-state index contributed by atoms with van der Waals surface area (Å²) in [5.74, 6) is 2.88. The molecule has 0 amide bonds. The lowest BCUT2D eigenvalue weighted by Crippen LogP contribution is -2.59. The van der Waals surface area contributed by atoms with Gasteiger partial charge in [0.2, 0.25) is 6.29 Å². The van der Waals surface area contributed by atoms with Crippen LogP contribution in [0, 0.1) is 17.8 Å². The van der Waals surface area contributed by atoms with Crippen LogP contribution >= 0.6 is 0 Å². The van der Waals surface area contributed by atoms with E-state index in [1.54, 1.807) is 7.11 Å². The van der Waals surface area contributed by atoms with Gasteiger partial charge in [0.1, 0.15) is 12.4 Å². The van der Waals surface area contributed by atoms with E-state index in [-0.39, 0.29) is 24.7 Å². The van der Waals surface area contributed by atoms with Crippen LogP contribution in [0.3, 0.4) is 0 Å². The Morgan fingerprint density at radius 3 is 2.56 bits per heavy atom. The second-order valence-corrected chi connectivity index (χ2v) is 13.3. The Labute approximate surface area is 267 Å². The van der Waals surface area contributed by atoms with Crippen molar-refractivity contribution >= 4 is 17.0 Å². The molecule has 45 heavy (non-hydrogen) atoms. The molecule has 7 rings (SSSR count). The molecule has 1 aromatic carbocycles. The monoisotopic (exact) mass is 628 g/mol. The van der Waals surface area contributed by atoms with Crippen molar-refractivity contribution in [1.29, 1.82) is 0 Å². The van der Waals surface area contributed by atoms with E-state index in [0.717, 1.165) is 55.4 Å². The molecule has 9 atom stereocenters. The zero-order valence-corrected chi connectivity index (χ0v) is 27.4. The first kappa shape index (κ1) is 32.7. The van der Waals surface area contributed by atoms with Gasteiger partial charge in [-0.2, -0.15) is 0 Å². The van der Waals surface area contributed by atoms with Crippen LogP contribution < -0.4 is 4.74 Å². The summed E-state index contributed by atoms with van der Waals surface area (Å²) in [4.78, 5) is 16.7. The molecular formula is C35H52N2O8. The standard InChI is InChI=1S/C35H52N2O8/c1-5-25-18-24(38)19-32(44-25)45-26-7-8-31-29(20-26)28-9-10-36-21-23-17-30(33(36)27(6-2)22(23)3)34(28)37(31)35(39)43-16-15-42-14-13-41-12-11-40-4/h7-8,20,22-25,27,30,32-33,38H,5-6,9-19,21H2,1-4H3. The van der Waals surface area contributed by atoms with Crippen LogP contribution in [0.25, 0.3) is 10.9 Å². The Kier molecular flexibility index (Phi) is 10.7. The van der Waals surface area contributed by atoms with Crippen LogP contribution in [0.15, 0.2) is 18.2 Å². The zero-order chi connectivity index (χ0) is 31.5. The molecule has 1 N–H and O–H groups in total. The second-order valence-electron chi connectivity index (χ2n) is 13.3. The molecule has 1 saturated carbocycles. The number of aliphatic hydroxyl groups excluding tert-OH is 1. The highest BCUT2D eigenvalue weighted by Gasteiger charge is 2.53. The maximum absolute atomic E-state index is 14.0. The quantitative estimate of drug-likeness (QED) is 0.308. The van der Waals surface area contributed by atoms with Crippen LogP contribution in [-0.4, -0.2) is 105 Å². The third kappa shape index (κ3) is 6.78. The Morgan fingerprint density at radius 2 is 1.80 bits per heavy atom. The van der Waals surface area contributed by atoms with Crippen LogP contribution in [-0.2, 0) is 30.1 Å². The van der Waals surface area contributed by atoms with Gasteiger partial charge >= 0.3 is 6.09 Å². The number of aliphatic hydroxyl groups is 1. The van der Waals surface area contributed by atoms with E-state index in [1.807, 2.05) is 16.7 Å². The van der Waals surface area contributed by atoms with Gasteiger partial charge in [0, 0.05) is 49.7 Å². The van der Waals surface area contributed by atoms with Crippen molar-refractivity contribution in [2.75, 3.05) is 59.8 Å². The number of hydrogen-bond acceptors (Lipinski definition) is 9. The molecule has 10 nitrogen and oxygen atoms in total. The number of hydrogen-bond donors (Lipinski definition) is 1. The number of aromatic nitrogens is 1. The van der Waals surface area contributed by atoms with Gasteiger partial charge in [0.25, 0.3) is 0 Å². The highest BCUT2D eigenvalue weighted by atomic mass is 16.7. The number of methoxy groups -OCH3 is 1. The van der Waals surface area contributed by atoms with E-state index < -0.39 is 12.4 Å². The topological polar surface area (TPSA) is 101 Å². The highest BCUT2D eigenvalue weighted by molar-refractivity contribution is 5.95. The first-order valence-corrected chi connectivity index (χ1v) is 17.2. The number of rotatable bonds is 13. The van der Waals surface area contributed by atoms with Gasteiger partial charge < -0.3 is 33.5 Å². The number of carbonyl (C=O) groups is 1. The maximum Gasteiger partial charge on any atom is 0.418 e. The van der Waals surface area contributed by atoms with Crippen molar-refractivity contribution in [1.82, 2.24) is 9.47 Å². The minimum Gasteiger partial charge on any atom is -0.465 e. The predicted octanol–water partition coefficient (Wildman–Crippen LogP) is 4.97. The summed E-state index contributed by atoms with van der Waals surface area (Å²) >= 11 is 0. The number of ether oxygens (including phenoxy) is 6. The van der Waals surface area contributed by atoms with Crippen molar-refractivity contribution in [2.45, 2.75) is 89.8 Å². The third-order valence-corrected chi connectivity index (χ3v) is 10.8. The minimum atomic E-state index is -0.500. The first-order valence-electron chi connectivity index (χ1n) is 17.2. The molecular weight excluding hydrogens is 576 g/mol. The fraction of sp³-hybridized carbons (Fsp3) is 0.743. The molecule has 250 valence electrons. The average Bonchev–Trinajstić information content (AvgIpc) is 3.31. The van der Waals surface area contributed by atoms with Crippen LogP contribution in [0.5, 0.6) is 5.75 Å². The fourth-order valence-corrected chi connectivity index (χ4v) is 8.64. The lowest BCUT2D eigenvalue weighted by atomic mass is 9.60. The molecule has 4 fully saturated rings. The summed E-state index contributed by atoms with van der Waals surface area (Å²) in [5.41, 5.74) is 3.21. The molecule has 5 aliphatic rings. The maximum atomic E-state index is 14.0. The smallest absolute Gasteiger partial charge is 0.418 e. The van der Waals surface area contributed by atoms with Crippen molar-refractivity contribution in [3.05, 3.63) is 29.5 Å². The summed E-state index contributed by atoms with van der Waals surface area (Å²) in [6, 6.07) is 6.40. The molecule has 10 heteroatoms. The van der Waals surface area contributed by atoms with Crippen molar-refractivity contribution in [3.8, 4) is 5.75 Å². The van der Waals surface area contributed by atoms with E-state index in [4.69, 9.17) is 28.4 Å². The van der Waals surface area contributed by atoms with Gasteiger partial charge in [-0.1, -0.05) is 27.2 Å². The van der Waals surface area contributed by atoms with Crippen LogP contribution in [0.1, 0.15) is 70.1 Å². The Hall–Kier alpha value is -2.21. The molecule has 5 heterocycles. The van der Waals surface area contributed by atoms with Gasteiger partial charge in [-0.3, -0.25) is 4.90 Å². The van der Waals surface area contributed by atoms with Crippen molar-refractivity contribution in [3.63, 3.8) is 0 Å². The summed E-state index contributed by atoms with van der Waals surface area (Å²) < 4.78 is 36.3. The Balaban J connectivity index is 1.26. The Bertz CT molecular complexity index is 1300. The average molecular weight is 629 g/mol. The third-order valence-electron chi connectivity index (χ3n) is 10.8. The lowest BCUT2D eigenvalue weighted by molar-refractivity contribution is -0.175. The minimum absolute atomic E-state index is 0.0144. The highest BCUT2D eigenvalue weighted by Crippen LogP contribution is 2.54. The zero-order valence-electron chi connectivity index (χ0n) is 27.4. The molecule has 1 aromatic heterocycles. The van der Waals surface area contributed by atoms with Gasteiger partial charge in [0.05, 0.1) is 50.8 Å². The first-order chi connectivity index (χ1) is 21.9. The van der Waals surface area contributed by atoms with Crippen molar-refractivity contribution < 1.29 is 38.3 Å². The molecule has 9 unspecified atom stereocenters. The molecule has 1 aliphatic carbocycles. The van der Waals surface area contributed by atoms with Crippen LogP contribution in [0.4, 0.5) is 4.79 Å². The number of fused-ring (bicyclic) bond motifs is 4. The normalized spacial score (nSPS) is 32.3. The van der Waals surface area contributed by atoms with E-state index in [1.165, 1.54) is 5.56 Å². The van der Waals surface area contributed by atoms with Gasteiger partial charge in [-0.15, -0.1) is 0 Å². The molecule has 0 radical (unpaired) electrons.